The van der Waals surface area contributed by atoms with E-state index >= 15 is 0 Å². The van der Waals surface area contributed by atoms with Crippen molar-refractivity contribution in [1.29, 1.82) is 0 Å². The largest absolute Gasteiger partial charge is 0.360 e. The van der Waals surface area contributed by atoms with Crippen LogP contribution in [0.1, 0.15) is 18.9 Å². The van der Waals surface area contributed by atoms with Gasteiger partial charge in [0, 0.05) is 20.5 Å². The lowest BCUT2D eigenvalue weighted by atomic mass is 10.00. The number of aryl methyl sites for hydroxylation is 1. The summed E-state index contributed by atoms with van der Waals surface area (Å²) in [6.45, 7) is 2.20. The van der Waals surface area contributed by atoms with Gasteiger partial charge in [-0.15, -0.1) is 0 Å². The van der Waals surface area contributed by atoms with Crippen LogP contribution in [0.25, 0.3) is 0 Å². The maximum Gasteiger partial charge on any atom is 0.244 e. The van der Waals surface area contributed by atoms with Crippen LogP contribution in [-0.4, -0.2) is 49.3 Å². The van der Waals surface area contributed by atoms with E-state index in [2.05, 4.69) is 10.6 Å². The minimum absolute atomic E-state index is 0.0852. The van der Waals surface area contributed by atoms with Crippen molar-refractivity contribution in [3.63, 3.8) is 0 Å². The Morgan fingerprint density at radius 3 is 2.53 bits per heavy atom. The first kappa shape index (κ1) is 21.6. The summed E-state index contributed by atoms with van der Waals surface area (Å²) >= 11 is 6.06. The summed E-state index contributed by atoms with van der Waals surface area (Å²) < 4.78 is 0. The zero-order valence-electron chi connectivity index (χ0n) is 17.1. The van der Waals surface area contributed by atoms with Crippen LogP contribution in [0.15, 0.2) is 42.5 Å². The molecular formula is C22H25ClN4O3. The van der Waals surface area contributed by atoms with Gasteiger partial charge in [-0.25, -0.2) is 0 Å². The molecule has 1 heterocycles. The van der Waals surface area contributed by atoms with Crippen molar-refractivity contribution in [2.45, 2.75) is 19.8 Å². The molecule has 2 aromatic carbocycles. The molecule has 2 N–H and O–H groups in total. The molecule has 3 rings (SSSR count). The second kappa shape index (κ2) is 9.63. The van der Waals surface area contributed by atoms with Crippen molar-refractivity contribution in [3.05, 3.63) is 53.1 Å². The van der Waals surface area contributed by atoms with E-state index in [-0.39, 0.29) is 30.8 Å². The number of anilines is 3. The van der Waals surface area contributed by atoms with Crippen LogP contribution in [-0.2, 0) is 20.8 Å². The third-order valence-corrected chi connectivity index (χ3v) is 5.23. The van der Waals surface area contributed by atoms with E-state index in [0.717, 1.165) is 24.1 Å². The van der Waals surface area contributed by atoms with E-state index in [1.807, 2.05) is 23.1 Å². The van der Waals surface area contributed by atoms with Crippen molar-refractivity contribution in [1.82, 2.24) is 4.90 Å². The minimum atomic E-state index is -0.322. The van der Waals surface area contributed by atoms with Gasteiger partial charge in [-0.3, -0.25) is 14.4 Å². The highest BCUT2D eigenvalue weighted by atomic mass is 35.5. The average molecular weight is 429 g/mol. The van der Waals surface area contributed by atoms with Gasteiger partial charge >= 0.3 is 0 Å². The monoisotopic (exact) mass is 428 g/mol. The molecular weight excluding hydrogens is 404 g/mol. The van der Waals surface area contributed by atoms with E-state index < -0.39 is 0 Å². The number of benzene rings is 2. The number of hydrogen-bond donors (Lipinski definition) is 2. The Hall–Kier alpha value is -3.06. The maximum absolute atomic E-state index is 12.8. The van der Waals surface area contributed by atoms with Crippen LogP contribution in [0.3, 0.4) is 0 Å². The number of rotatable bonds is 6. The van der Waals surface area contributed by atoms with E-state index in [1.54, 1.807) is 31.3 Å². The number of halogens is 1. The molecule has 8 heteroatoms. The lowest BCUT2D eigenvalue weighted by Crippen LogP contribution is -2.43. The molecule has 0 aromatic heterocycles. The van der Waals surface area contributed by atoms with Crippen molar-refractivity contribution < 1.29 is 14.4 Å². The molecule has 0 aliphatic carbocycles. The number of para-hydroxylation sites is 2. The van der Waals surface area contributed by atoms with Crippen LogP contribution in [0, 0.1) is 0 Å². The molecule has 0 saturated carbocycles. The number of amides is 3. The standard InChI is InChI=1S/C22H25ClN4O3/c1-15(28)24-19-11-5-7-16-8-6-12-27(22(16)19)14-21(30)26(2)13-20(29)25-18-10-4-3-9-17(18)23/h3-5,7,9-11H,6,8,12-14H2,1-2H3,(H,24,28)(H,25,29). The quantitative estimate of drug-likeness (QED) is 0.740. The summed E-state index contributed by atoms with van der Waals surface area (Å²) in [6.07, 6.45) is 1.81. The van der Waals surface area contributed by atoms with Crippen LogP contribution in [0.2, 0.25) is 5.02 Å². The summed E-state index contributed by atoms with van der Waals surface area (Å²) in [6, 6.07) is 12.7. The molecule has 30 heavy (non-hydrogen) atoms. The fraction of sp³-hybridized carbons (Fsp3) is 0.318. The van der Waals surface area contributed by atoms with Crippen molar-refractivity contribution >= 4 is 46.4 Å². The Morgan fingerprint density at radius 2 is 1.80 bits per heavy atom. The molecule has 1 aliphatic heterocycles. The summed E-state index contributed by atoms with van der Waals surface area (Å²) in [4.78, 5) is 40.1. The van der Waals surface area contributed by atoms with Gasteiger partial charge in [0.25, 0.3) is 0 Å². The second-order valence-electron chi connectivity index (χ2n) is 7.30. The Kier molecular flexibility index (Phi) is 6.95. The van der Waals surface area contributed by atoms with Crippen LogP contribution in [0.4, 0.5) is 17.1 Å². The van der Waals surface area contributed by atoms with Gasteiger partial charge in [-0.1, -0.05) is 35.9 Å². The van der Waals surface area contributed by atoms with E-state index in [1.165, 1.54) is 11.8 Å². The molecule has 0 fully saturated rings. The normalized spacial score (nSPS) is 12.7. The van der Waals surface area contributed by atoms with Crippen molar-refractivity contribution in [2.75, 3.05) is 42.2 Å². The van der Waals surface area contributed by atoms with Crippen molar-refractivity contribution in [2.24, 2.45) is 0 Å². The molecule has 1 aliphatic rings. The SMILES string of the molecule is CC(=O)Nc1cccc2c1N(CC(=O)N(C)CC(=O)Nc1ccccc1Cl)CCC2. The smallest absolute Gasteiger partial charge is 0.244 e. The number of hydrogen-bond acceptors (Lipinski definition) is 4. The zero-order valence-corrected chi connectivity index (χ0v) is 17.8. The molecule has 2 aromatic rings. The molecule has 0 bridgehead atoms. The molecule has 3 amide bonds. The summed E-state index contributed by atoms with van der Waals surface area (Å²) in [5.74, 6) is -0.666. The van der Waals surface area contributed by atoms with Gasteiger partial charge < -0.3 is 20.4 Å². The van der Waals surface area contributed by atoms with E-state index in [4.69, 9.17) is 11.6 Å². The molecule has 7 nitrogen and oxygen atoms in total. The highest BCUT2D eigenvalue weighted by Gasteiger charge is 2.24. The predicted octanol–water partition coefficient (Wildman–Crippen LogP) is 3.15. The number of fused-ring (bicyclic) bond motifs is 1. The van der Waals surface area contributed by atoms with Gasteiger partial charge in [-0.05, 0) is 36.6 Å². The second-order valence-corrected chi connectivity index (χ2v) is 7.70. The Morgan fingerprint density at radius 1 is 1.07 bits per heavy atom. The fourth-order valence-electron chi connectivity index (χ4n) is 3.53. The van der Waals surface area contributed by atoms with Crippen LogP contribution in [0.5, 0.6) is 0 Å². The minimum Gasteiger partial charge on any atom is -0.360 e. The molecule has 0 spiro atoms. The van der Waals surface area contributed by atoms with Crippen LogP contribution < -0.4 is 15.5 Å². The van der Waals surface area contributed by atoms with Gasteiger partial charge in [0.15, 0.2) is 0 Å². The Balaban J connectivity index is 1.66. The van der Waals surface area contributed by atoms with Gasteiger partial charge in [0.2, 0.25) is 17.7 Å². The number of nitrogens with one attached hydrogen (secondary N) is 2. The van der Waals surface area contributed by atoms with Crippen molar-refractivity contribution in [3.8, 4) is 0 Å². The van der Waals surface area contributed by atoms with Gasteiger partial charge in [0.05, 0.1) is 35.2 Å². The first-order chi connectivity index (χ1) is 14.3. The molecule has 0 atom stereocenters. The summed E-state index contributed by atoms with van der Waals surface area (Å²) in [7, 11) is 1.60. The molecule has 0 saturated heterocycles. The topological polar surface area (TPSA) is 81.8 Å². The number of nitrogens with zero attached hydrogens (tertiary/aromatic N) is 2. The van der Waals surface area contributed by atoms with Gasteiger partial charge in [0.1, 0.15) is 0 Å². The number of carbonyl (C=O) groups excluding carboxylic acids is 3. The molecule has 0 unspecified atom stereocenters. The summed E-state index contributed by atoms with van der Waals surface area (Å²) in [5, 5.41) is 6.01. The predicted molar refractivity (Wildman–Crippen MR) is 119 cm³/mol. The summed E-state index contributed by atoms with van der Waals surface area (Å²) in [5.41, 5.74) is 3.18. The third-order valence-electron chi connectivity index (χ3n) is 4.90. The Labute approximate surface area is 181 Å². The van der Waals surface area contributed by atoms with Gasteiger partial charge in [-0.2, -0.15) is 0 Å². The third kappa shape index (κ3) is 5.30. The lowest BCUT2D eigenvalue weighted by Gasteiger charge is -2.33. The van der Waals surface area contributed by atoms with E-state index in [0.29, 0.717) is 22.9 Å². The van der Waals surface area contributed by atoms with Crippen LogP contribution >= 0.6 is 11.6 Å². The highest BCUT2D eigenvalue weighted by Crippen LogP contribution is 2.34. The highest BCUT2D eigenvalue weighted by molar-refractivity contribution is 6.33. The van der Waals surface area contributed by atoms with E-state index in [9.17, 15) is 14.4 Å². The first-order valence-electron chi connectivity index (χ1n) is 9.78. The first-order valence-corrected chi connectivity index (χ1v) is 10.2. The Bertz CT molecular complexity index is 963. The maximum atomic E-state index is 12.8. The number of likely N-dealkylation sites (N-methyl/N-ethyl adjacent to an activating group) is 1. The lowest BCUT2D eigenvalue weighted by molar-refractivity contribution is -0.132. The molecule has 0 radical (unpaired) electrons. The molecule has 158 valence electrons. The number of carbonyl (C=O) groups is 3. The fourth-order valence-corrected chi connectivity index (χ4v) is 3.71. The average Bonchev–Trinajstić information content (AvgIpc) is 2.69. The zero-order chi connectivity index (χ0) is 21.7.